The predicted octanol–water partition coefficient (Wildman–Crippen LogP) is 4.01. The summed E-state index contributed by atoms with van der Waals surface area (Å²) in [4.78, 5) is 4.46. The van der Waals surface area contributed by atoms with Gasteiger partial charge in [-0.15, -0.1) is 0 Å². The monoisotopic (exact) mass is 302 g/mol. The number of benzene rings is 2. The first kappa shape index (κ1) is 11.3. The molecule has 90 valence electrons. The molecule has 1 heterocycles. The van der Waals surface area contributed by atoms with Gasteiger partial charge >= 0.3 is 0 Å². The zero-order valence-corrected chi connectivity index (χ0v) is 11.3. The minimum Gasteiger partial charge on any atom is -0.426 e. The van der Waals surface area contributed by atoms with Crippen LogP contribution in [0.15, 0.2) is 46.9 Å². The highest BCUT2D eigenvalue weighted by Gasteiger charge is 2.11. The number of aryl methyl sites for hydroxylation is 1. The number of imidazole rings is 1. The van der Waals surface area contributed by atoms with Crippen molar-refractivity contribution in [3.8, 4) is 11.4 Å². The van der Waals surface area contributed by atoms with Gasteiger partial charge in [0.15, 0.2) is 5.82 Å². The average Bonchev–Trinajstić information content (AvgIpc) is 2.67. The van der Waals surface area contributed by atoms with E-state index in [9.17, 15) is 5.21 Å². The lowest BCUT2D eigenvalue weighted by Gasteiger charge is -2.01. The summed E-state index contributed by atoms with van der Waals surface area (Å²) in [5, 5.41) is 10.2. The van der Waals surface area contributed by atoms with Crippen LogP contribution in [0.4, 0.5) is 0 Å². The Balaban J connectivity index is 2.27. The van der Waals surface area contributed by atoms with Gasteiger partial charge in [0, 0.05) is 10.0 Å². The van der Waals surface area contributed by atoms with Crippen LogP contribution < -0.4 is 0 Å². The van der Waals surface area contributed by atoms with Crippen LogP contribution >= 0.6 is 15.9 Å². The highest BCUT2D eigenvalue weighted by atomic mass is 79.9. The summed E-state index contributed by atoms with van der Waals surface area (Å²) in [5.41, 5.74) is 3.49. The summed E-state index contributed by atoms with van der Waals surface area (Å²) < 4.78 is 2.10. The van der Waals surface area contributed by atoms with E-state index in [0.29, 0.717) is 5.82 Å². The maximum absolute atomic E-state index is 10.2. The largest absolute Gasteiger partial charge is 0.426 e. The van der Waals surface area contributed by atoms with Crippen molar-refractivity contribution in [3.63, 3.8) is 0 Å². The van der Waals surface area contributed by atoms with Gasteiger partial charge in [0.2, 0.25) is 0 Å². The summed E-state index contributed by atoms with van der Waals surface area (Å²) in [7, 11) is 0. The molecule has 2 aromatic carbocycles. The number of hydrogen-bond donors (Lipinski definition) is 1. The molecule has 1 N–H and O–H groups in total. The highest BCUT2D eigenvalue weighted by Crippen LogP contribution is 2.26. The molecule has 0 aliphatic carbocycles. The molecule has 3 aromatic rings. The van der Waals surface area contributed by atoms with Crippen molar-refractivity contribution in [2.45, 2.75) is 6.92 Å². The van der Waals surface area contributed by atoms with Crippen molar-refractivity contribution in [1.82, 2.24) is 9.71 Å². The van der Waals surface area contributed by atoms with E-state index in [1.165, 1.54) is 0 Å². The molecule has 0 spiro atoms. The van der Waals surface area contributed by atoms with Gasteiger partial charge in [0.05, 0.1) is 5.52 Å². The smallest absolute Gasteiger partial charge is 0.176 e. The van der Waals surface area contributed by atoms with Crippen LogP contribution in [0.2, 0.25) is 0 Å². The van der Waals surface area contributed by atoms with Crippen LogP contribution in [0.3, 0.4) is 0 Å². The normalized spacial score (nSPS) is 11.0. The maximum Gasteiger partial charge on any atom is 0.176 e. The van der Waals surface area contributed by atoms with Crippen molar-refractivity contribution in [2.24, 2.45) is 0 Å². The molecule has 0 amide bonds. The van der Waals surface area contributed by atoms with Gasteiger partial charge < -0.3 is 5.21 Å². The Morgan fingerprint density at radius 1 is 1.17 bits per heavy atom. The molecule has 0 fully saturated rings. The number of fused-ring (bicyclic) bond motifs is 1. The predicted molar refractivity (Wildman–Crippen MR) is 74.8 cm³/mol. The number of nitrogens with zero attached hydrogens (tertiary/aromatic N) is 2. The molecule has 18 heavy (non-hydrogen) atoms. The summed E-state index contributed by atoms with van der Waals surface area (Å²) >= 11 is 3.42. The van der Waals surface area contributed by atoms with Crippen molar-refractivity contribution in [3.05, 3.63) is 52.5 Å². The molecule has 1 aromatic heterocycles. The molecule has 0 aliphatic heterocycles. The van der Waals surface area contributed by atoms with E-state index in [2.05, 4.69) is 20.9 Å². The zero-order chi connectivity index (χ0) is 12.7. The first-order valence-electron chi connectivity index (χ1n) is 5.59. The van der Waals surface area contributed by atoms with Crippen LogP contribution in [-0.2, 0) is 0 Å². The highest BCUT2D eigenvalue weighted by molar-refractivity contribution is 9.10. The average molecular weight is 303 g/mol. The van der Waals surface area contributed by atoms with Crippen LogP contribution in [0.25, 0.3) is 22.4 Å². The lowest BCUT2D eigenvalue weighted by Crippen LogP contribution is -1.94. The number of rotatable bonds is 1. The Bertz CT molecular complexity index is 734. The van der Waals surface area contributed by atoms with Gasteiger partial charge in [-0.3, -0.25) is 0 Å². The molecular formula is C14H11BrN2O. The Morgan fingerprint density at radius 3 is 2.78 bits per heavy atom. The molecule has 0 unspecified atom stereocenters. The molecule has 3 nitrogen and oxygen atoms in total. The maximum atomic E-state index is 10.2. The molecule has 0 aliphatic rings. The van der Waals surface area contributed by atoms with Crippen molar-refractivity contribution in [2.75, 3.05) is 0 Å². The van der Waals surface area contributed by atoms with E-state index in [4.69, 9.17) is 0 Å². The van der Waals surface area contributed by atoms with Crippen LogP contribution in [0, 0.1) is 6.92 Å². The van der Waals surface area contributed by atoms with Gasteiger partial charge in [0.25, 0.3) is 0 Å². The summed E-state index contributed by atoms with van der Waals surface area (Å²) in [6.07, 6.45) is 0. The fraction of sp³-hybridized carbons (Fsp3) is 0.0714. The minimum absolute atomic E-state index is 0.553. The van der Waals surface area contributed by atoms with Gasteiger partial charge in [-0.05, 0) is 36.8 Å². The Morgan fingerprint density at radius 2 is 2.00 bits per heavy atom. The standard InChI is InChI=1S/C14H11BrN2O/c1-9-5-6-12-13(7-9)17(18)14(16-12)10-3-2-4-11(15)8-10/h2-8,18H,1H3. The second-order valence-electron chi connectivity index (χ2n) is 4.25. The number of aromatic nitrogens is 2. The molecule has 4 heteroatoms. The van der Waals surface area contributed by atoms with E-state index in [1.807, 2.05) is 49.4 Å². The molecule has 3 rings (SSSR count). The molecule has 0 saturated carbocycles. The summed E-state index contributed by atoms with van der Waals surface area (Å²) in [5.74, 6) is 0.553. The van der Waals surface area contributed by atoms with E-state index in [1.54, 1.807) is 0 Å². The van der Waals surface area contributed by atoms with Crippen LogP contribution in [-0.4, -0.2) is 14.9 Å². The van der Waals surface area contributed by atoms with E-state index >= 15 is 0 Å². The molecular weight excluding hydrogens is 292 g/mol. The summed E-state index contributed by atoms with van der Waals surface area (Å²) in [6, 6.07) is 13.5. The van der Waals surface area contributed by atoms with Crippen molar-refractivity contribution < 1.29 is 5.21 Å². The lowest BCUT2D eigenvalue weighted by molar-refractivity contribution is 0.203. The second-order valence-corrected chi connectivity index (χ2v) is 5.17. The Kier molecular flexibility index (Phi) is 2.59. The number of halogens is 1. The summed E-state index contributed by atoms with van der Waals surface area (Å²) in [6.45, 7) is 1.99. The van der Waals surface area contributed by atoms with Gasteiger partial charge in [-0.25, -0.2) is 4.98 Å². The first-order chi connectivity index (χ1) is 8.65. The molecule has 0 atom stereocenters. The van der Waals surface area contributed by atoms with E-state index in [-0.39, 0.29) is 0 Å². The Hall–Kier alpha value is -1.81. The van der Waals surface area contributed by atoms with Gasteiger partial charge in [0.1, 0.15) is 5.52 Å². The Labute approximate surface area is 113 Å². The van der Waals surface area contributed by atoms with Gasteiger partial charge in [-0.2, -0.15) is 4.73 Å². The van der Waals surface area contributed by atoms with Crippen molar-refractivity contribution >= 4 is 27.0 Å². The third-order valence-corrected chi connectivity index (χ3v) is 3.36. The number of hydrogen-bond acceptors (Lipinski definition) is 2. The quantitative estimate of drug-likeness (QED) is 0.690. The van der Waals surface area contributed by atoms with Crippen LogP contribution in [0.5, 0.6) is 0 Å². The third-order valence-electron chi connectivity index (χ3n) is 2.87. The van der Waals surface area contributed by atoms with Crippen molar-refractivity contribution in [1.29, 1.82) is 0 Å². The second kappa shape index (κ2) is 4.14. The SMILES string of the molecule is Cc1ccc2nc(-c3cccc(Br)c3)n(O)c2c1. The van der Waals surface area contributed by atoms with E-state index in [0.717, 1.165) is 31.4 Å². The minimum atomic E-state index is 0.553. The molecule has 0 radical (unpaired) electrons. The first-order valence-corrected chi connectivity index (χ1v) is 6.39. The fourth-order valence-corrected chi connectivity index (χ4v) is 2.39. The zero-order valence-electron chi connectivity index (χ0n) is 9.76. The molecule has 0 saturated heterocycles. The topological polar surface area (TPSA) is 38.0 Å². The lowest BCUT2D eigenvalue weighted by atomic mass is 10.2. The fourth-order valence-electron chi connectivity index (χ4n) is 1.99. The van der Waals surface area contributed by atoms with Crippen LogP contribution in [0.1, 0.15) is 5.56 Å². The van der Waals surface area contributed by atoms with Gasteiger partial charge in [-0.1, -0.05) is 34.1 Å². The van der Waals surface area contributed by atoms with E-state index < -0.39 is 0 Å². The third kappa shape index (κ3) is 1.78. The molecule has 0 bridgehead atoms.